The Balaban J connectivity index is 1.39. The van der Waals surface area contributed by atoms with Crippen molar-refractivity contribution in [3.63, 3.8) is 0 Å². The van der Waals surface area contributed by atoms with E-state index in [2.05, 4.69) is 0 Å². The Bertz CT molecular complexity index is 2240. The van der Waals surface area contributed by atoms with Gasteiger partial charge in [0.1, 0.15) is 9.90 Å². The highest BCUT2D eigenvalue weighted by Gasteiger charge is 2.32. The molecule has 7 rings (SSSR count). The van der Waals surface area contributed by atoms with Gasteiger partial charge in [0.25, 0.3) is 0 Å². The summed E-state index contributed by atoms with van der Waals surface area (Å²) >= 11 is 4.23. The van der Waals surface area contributed by atoms with E-state index in [0.29, 0.717) is 5.56 Å². The second kappa shape index (κ2) is 11.6. The van der Waals surface area contributed by atoms with Gasteiger partial charge in [0, 0.05) is 37.0 Å². The topological polar surface area (TPSA) is 56.3 Å². The number of alkyl halides is 3. The van der Waals surface area contributed by atoms with Gasteiger partial charge in [-0.15, -0.1) is 22.7 Å². The van der Waals surface area contributed by atoms with Crippen molar-refractivity contribution in [1.82, 2.24) is 4.98 Å². The molecule has 0 aliphatic rings. The Morgan fingerprint density at radius 2 is 1.38 bits per heavy atom. The van der Waals surface area contributed by atoms with Crippen molar-refractivity contribution in [2.45, 2.75) is 11.1 Å². The number of fused-ring (bicyclic) bond motifs is 1. The number of hydrogen-bond acceptors (Lipinski definition) is 7. The molecule has 0 aliphatic heterocycles. The van der Waals surface area contributed by atoms with Crippen LogP contribution in [0.3, 0.4) is 0 Å². The normalized spacial score (nSPS) is 12.1. The molecule has 0 bridgehead atoms. The highest BCUT2D eigenvalue weighted by molar-refractivity contribution is 7.87. The van der Waals surface area contributed by atoms with Gasteiger partial charge < -0.3 is 4.18 Å². The molecule has 0 N–H and O–H groups in total. The molecule has 0 atom stereocenters. The van der Waals surface area contributed by atoms with E-state index in [0.717, 1.165) is 82.8 Å². The van der Waals surface area contributed by atoms with Crippen molar-refractivity contribution in [3.8, 4) is 47.8 Å². The molecule has 45 heavy (non-hydrogen) atoms. The Hall–Kier alpha value is -4.29. The molecule has 4 aromatic carbocycles. The molecule has 4 nitrogen and oxygen atoms in total. The third-order valence-electron chi connectivity index (χ3n) is 7.03. The summed E-state index contributed by atoms with van der Waals surface area (Å²) in [6.07, 6.45) is -4.60. The minimum Gasteiger partial charge on any atom is -0.367 e. The van der Waals surface area contributed by atoms with Gasteiger partial charge in [0.05, 0.1) is 16.1 Å². The molecule has 0 amide bonds. The molecule has 3 aromatic heterocycles. The second-order valence-corrected chi connectivity index (χ2v) is 14.4. The maximum Gasteiger partial charge on any atom is 0.416 e. The minimum atomic E-state index is -4.60. The molecule has 3 heterocycles. The van der Waals surface area contributed by atoms with Crippen LogP contribution >= 0.6 is 34.0 Å². The number of rotatable bonds is 7. The first-order valence-corrected chi connectivity index (χ1v) is 17.4. The van der Waals surface area contributed by atoms with Gasteiger partial charge in [0.15, 0.2) is 0 Å². The number of hydrogen-bond donors (Lipinski definition) is 0. The lowest BCUT2D eigenvalue weighted by molar-refractivity contribution is -0.137. The zero-order valence-electron chi connectivity index (χ0n) is 23.0. The lowest BCUT2D eigenvalue weighted by atomic mass is 10.0. The fraction of sp³-hybridized carbons (Fsp3) is 0.0294. The Kier molecular flexibility index (Phi) is 7.57. The van der Waals surface area contributed by atoms with Crippen LogP contribution in [0.15, 0.2) is 126 Å². The summed E-state index contributed by atoms with van der Waals surface area (Å²) in [5.41, 5.74) is 2.99. The zero-order valence-corrected chi connectivity index (χ0v) is 26.3. The number of nitrogens with zero attached hydrogens (tertiary/aromatic N) is 1. The van der Waals surface area contributed by atoms with Gasteiger partial charge in [-0.3, -0.25) is 0 Å². The standard InChI is InChI=1S/C34H20F3NO3S4/c35-34(36,37)23-15-17-24(18-16-23)45(39,40)41-33-26(19-29(44-33)21-9-3-1-4-10-21)30-25-13-7-8-14-28(25)43-31(30)27-20-42-32(38-27)22-11-5-2-6-12-22/h1-20H. The predicted molar refractivity (Wildman–Crippen MR) is 176 cm³/mol. The molecule has 0 saturated heterocycles. The summed E-state index contributed by atoms with van der Waals surface area (Å²) in [5.74, 6) is 0. The summed E-state index contributed by atoms with van der Waals surface area (Å²) in [6.45, 7) is 0. The van der Waals surface area contributed by atoms with E-state index in [4.69, 9.17) is 9.17 Å². The van der Waals surface area contributed by atoms with E-state index in [1.807, 2.05) is 96.4 Å². The fourth-order valence-corrected chi connectivity index (χ4v) is 9.13. The molecule has 0 saturated carbocycles. The van der Waals surface area contributed by atoms with Crippen molar-refractivity contribution in [3.05, 3.63) is 126 Å². The van der Waals surface area contributed by atoms with Crippen LogP contribution in [-0.4, -0.2) is 13.4 Å². The zero-order chi connectivity index (χ0) is 31.2. The minimum absolute atomic E-state index is 0.108. The second-order valence-electron chi connectivity index (χ2n) is 9.94. The Morgan fingerprint density at radius 3 is 2.07 bits per heavy atom. The molecular formula is C34H20F3NO3S4. The molecule has 11 heteroatoms. The van der Waals surface area contributed by atoms with E-state index in [1.165, 1.54) is 11.3 Å². The molecular weight excluding hydrogens is 656 g/mol. The third kappa shape index (κ3) is 5.80. The van der Waals surface area contributed by atoms with Crippen LogP contribution in [0.1, 0.15) is 5.56 Å². The van der Waals surface area contributed by atoms with Crippen LogP contribution in [0.5, 0.6) is 5.06 Å². The predicted octanol–water partition coefficient (Wildman–Crippen LogP) is 10.9. The molecule has 0 spiro atoms. The van der Waals surface area contributed by atoms with Crippen molar-refractivity contribution >= 4 is 54.2 Å². The van der Waals surface area contributed by atoms with Gasteiger partial charge in [-0.1, -0.05) is 90.2 Å². The Morgan fingerprint density at radius 1 is 0.733 bits per heavy atom. The molecule has 7 aromatic rings. The van der Waals surface area contributed by atoms with Crippen molar-refractivity contribution in [1.29, 1.82) is 0 Å². The van der Waals surface area contributed by atoms with Crippen LogP contribution in [0, 0.1) is 0 Å². The van der Waals surface area contributed by atoms with Gasteiger partial charge in [-0.25, -0.2) is 4.98 Å². The summed E-state index contributed by atoms with van der Waals surface area (Å²) in [7, 11) is -4.49. The SMILES string of the molecule is O=S(=O)(Oc1sc(-c2ccccc2)cc1-c1c(-c2csc(-c3ccccc3)n2)sc2ccccc12)c1ccc(C(F)(F)F)cc1. The molecule has 224 valence electrons. The molecule has 0 fully saturated rings. The number of benzene rings is 4. The van der Waals surface area contributed by atoms with Crippen LogP contribution in [0.4, 0.5) is 13.2 Å². The van der Waals surface area contributed by atoms with Gasteiger partial charge in [-0.05, 0) is 42.0 Å². The molecule has 0 unspecified atom stereocenters. The quantitative estimate of drug-likeness (QED) is 0.158. The highest BCUT2D eigenvalue weighted by Crippen LogP contribution is 2.52. The average Bonchev–Trinajstić information content (AvgIpc) is 3.78. The van der Waals surface area contributed by atoms with E-state index in [9.17, 15) is 21.6 Å². The lowest BCUT2D eigenvalue weighted by Gasteiger charge is -2.10. The maximum atomic E-state index is 13.5. The maximum absolute atomic E-state index is 13.5. The molecule has 0 aliphatic carbocycles. The first kappa shape index (κ1) is 29.4. The monoisotopic (exact) mass is 675 g/mol. The van der Waals surface area contributed by atoms with Gasteiger partial charge >= 0.3 is 16.3 Å². The third-order valence-corrected chi connectivity index (χ3v) is 11.5. The van der Waals surface area contributed by atoms with Crippen LogP contribution < -0.4 is 4.18 Å². The van der Waals surface area contributed by atoms with Crippen molar-refractivity contribution in [2.75, 3.05) is 0 Å². The average molecular weight is 676 g/mol. The molecule has 0 radical (unpaired) electrons. The summed E-state index contributed by atoms with van der Waals surface area (Å²) < 4.78 is 73.2. The number of thiazole rings is 1. The fourth-order valence-electron chi connectivity index (χ4n) is 4.90. The van der Waals surface area contributed by atoms with Crippen LogP contribution in [0.25, 0.3) is 52.8 Å². The van der Waals surface area contributed by atoms with Gasteiger partial charge in [-0.2, -0.15) is 21.6 Å². The first-order chi connectivity index (χ1) is 21.7. The first-order valence-electron chi connectivity index (χ1n) is 13.5. The number of aromatic nitrogens is 1. The Labute approximate surface area is 268 Å². The summed E-state index contributed by atoms with van der Waals surface area (Å²) in [6, 6.07) is 32.4. The van der Waals surface area contributed by atoms with Crippen LogP contribution in [0.2, 0.25) is 0 Å². The number of halogens is 3. The largest absolute Gasteiger partial charge is 0.416 e. The summed E-state index contributed by atoms with van der Waals surface area (Å²) in [4.78, 5) is 6.20. The van der Waals surface area contributed by atoms with Crippen molar-refractivity contribution in [2.24, 2.45) is 0 Å². The van der Waals surface area contributed by atoms with Gasteiger partial charge in [0.2, 0.25) is 5.06 Å². The van der Waals surface area contributed by atoms with Crippen LogP contribution in [-0.2, 0) is 16.3 Å². The van der Waals surface area contributed by atoms with E-state index < -0.39 is 21.9 Å². The van der Waals surface area contributed by atoms with Crippen molar-refractivity contribution < 1.29 is 25.8 Å². The lowest BCUT2D eigenvalue weighted by Crippen LogP contribution is -2.11. The van der Waals surface area contributed by atoms with E-state index in [-0.39, 0.29) is 9.96 Å². The van der Waals surface area contributed by atoms with E-state index >= 15 is 0 Å². The summed E-state index contributed by atoms with van der Waals surface area (Å²) in [5, 5.41) is 3.85. The number of thiophene rings is 2. The van der Waals surface area contributed by atoms with E-state index in [1.54, 1.807) is 11.3 Å². The highest BCUT2D eigenvalue weighted by atomic mass is 32.2. The smallest absolute Gasteiger partial charge is 0.367 e.